The molecule has 2 aromatic carbocycles. The first-order chi connectivity index (χ1) is 12.2. The van der Waals surface area contributed by atoms with Crippen molar-refractivity contribution in [1.82, 2.24) is 20.2 Å². The van der Waals surface area contributed by atoms with Gasteiger partial charge in [0.15, 0.2) is 5.82 Å². The number of aliphatic hydroxyl groups is 1. The van der Waals surface area contributed by atoms with Crippen molar-refractivity contribution in [3.05, 3.63) is 59.9 Å². The summed E-state index contributed by atoms with van der Waals surface area (Å²) in [6, 6.07) is 13.4. The van der Waals surface area contributed by atoms with Gasteiger partial charge in [0.2, 0.25) is 0 Å². The smallest absolute Gasteiger partial charge is 0.387 e. The molecule has 1 heterocycles. The van der Waals surface area contributed by atoms with Gasteiger partial charge in [0, 0.05) is 5.69 Å². The molecule has 0 spiro atoms. The van der Waals surface area contributed by atoms with E-state index in [9.17, 15) is 8.78 Å². The molecule has 0 atom stereocenters. The molecule has 3 aromatic rings. The number of benzene rings is 2. The van der Waals surface area contributed by atoms with E-state index in [0.717, 1.165) is 11.3 Å². The summed E-state index contributed by atoms with van der Waals surface area (Å²) in [5, 5.41) is 23.9. The molecule has 0 saturated heterocycles. The average molecular weight is 347 g/mol. The molecule has 2 N–H and O–H groups in total. The van der Waals surface area contributed by atoms with Crippen molar-refractivity contribution in [2.45, 2.75) is 19.8 Å². The number of anilines is 1. The molecule has 0 amide bonds. The Balaban J connectivity index is 1.71. The quantitative estimate of drug-likeness (QED) is 0.683. The number of nitrogens with zero attached hydrogens (tertiary/aromatic N) is 4. The zero-order valence-corrected chi connectivity index (χ0v) is 13.0. The normalized spacial score (nSPS) is 10.9. The first-order valence-corrected chi connectivity index (χ1v) is 7.42. The molecular formula is C16H15F2N5O2. The number of nitrogens with one attached hydrogen (secondary N) is 1. The van der Waals surface area contributed by atoms with Gasteiger partial charge in [0.1, 0.15) is 5.75 Å². The second kappa shape index (κ2) is 7.67. The van der Waals surface area contributed by atoms with Gasteiger partial charge >= 0.3 is 6.61 Å². The van der Waals surface area contributed by atoms with Crippen LogP contribution < -0.4 is 10.1 Å². The number of alkyl halides is 2. The Morgan fingerprint density at radius 2 is 1.96 bits per heavy atom. The molecule has 0 aliphatic heterocycles. The Morgan fingerprint density at radius 3 is 2.68 bits per heavy atom. The van der Waals surface area contributed by atoms with Crippen LogP contribution in [-0.2, 0) is 13.2 Å². The van der Waals surface area contributed by atoms with E-state index in [-0.39, 0.29) is 12.4 Å². The maximum atomic E-state index is 12.2. The highest BCUT2D eigenvalue weighted by Gasteiger charge is 2.10. The highest BCUT2D eigenvalue weighted by atomic mass is 19.3. The van der Waals surface area contributed by atoms with E-state index < -0.39 is 6.61 Å². The number of tetrazole rings is 1. The minimum atomic E-state index is -2.87. The second-order valence-electron chi connectivity index (χ2n) is 5.09. The van der Waals surface area contributed by atoms with Gasteiger partial charge in [-0.2, -0.15) is 13.5 Å². The first-order valence-electron chi connectivity index (χ1n) is 7.42. The van der Waals surface area contributed by atoms with Crippen LogP contribution in [0.2, 0.25) is 0 Å². The molecule has 3 rings (SSSR count). The van der Waals surface area contributed by atoms with Crippen LogP contribution in [0.15, 0.2) is 48.5 Å². The highest BCUT2D eigenvalue weighted by molar-refractivity contribution is 5.46. The highest BCUT2D eigenvalue weighted by Crippen LogP contribution is 2.18. The van der Waals surface area contributed by atoms with Crippen LogP contribution in [0.1, 0.15) is 11.4 Å². The Kier molecular flexibility index (Phi) is 5.14. The Hall–Kier alpha value is -3.07. The van der Waals surface area contributed by atoms with Crippen molar-refractivity contribution in [2.75, 3.05) is 5.32 Å². The fourth-order valence-corrected chi connectivity index (χ4v) is 2.25. The first kappa shape index (κ1) is 16.8. The van der Waals surface area contributed by atoms with Gasteiger partial charge in [-0.25, -0.2) is 0 Å². The van der Waals surface area contributed by atoms with Crippen LogP contribution in [0.25, 0.3) is 5.69 Å². The zero-order valence-electron chi connectivity index (χ0n) is 13.0. The molecule has 130 valence electrons. The summed E-state index contributed by atoms with van der Waals surface area (Å²) in [5.41, 5.74) is 2.23. The molecule has 0 radical (unpaired) electrons. The molecule has 0 saturated carbocycles. The standard InChI is InChI=1S/C16H15F2N5O2/c17-16(18)25-14-6-4-13(5-7-14)23-15(20-21-22-23)9-19-12-3-1-2-11(8-12)10-24/h1-8,16,19,24H,9-10H2. The molecule has 25 heavy (non-hydrogen) atoms. The maximum Gasteiger partial charge on any atom is 0.387 e. The van der Waals surface area contributed by atoms with Crippen molar-refractivity contribution in [3.63, 3.8) is 0 Å². The van der Waals surface area contributed by atoms with E-state index in [0.29, 0.717) is 18.1 Å². The predicted octanol–water partition coefficient (Wildman–Crippen LogP) is 2.37. The molecule has 0 bridgehead atoms. The van der Waals surface area contributed by atoms with Crippen LogP contribution in [0.4, 0.5) is 14.5 Å². The Bertz CT molecular complexity index is 823. The van der Waals surface area contributed by atoms with Gasteiger partial charge in [0.25, 0.3) is 0 Å². The van der Waals surface area contributed by atoms with Crippen molar-refractivity contribution in [2.24, 2.45) is 0 Å². The molecule has 0 aliphatic carbocycles. The van der Waals surface area contributed by atoms with Gasteiger partial charge in [-0.15, -0.1) is 5.10 Å². The number of hydrogen-bond acceptors (Lipinski definition) is 6. The lowest BCUT2D eigenvalue weighted by Crippen LogP contribution is -2.09. The number of hydrogen-bond donors (Lipinski definition) is 2. The van der Waals surface area contributed by atoms with Crippen LogP contribution in [0.3, 0.4) is 0 Å². The van der Waals surface area contributed by atoms with Crippen molar-refractivity contribution in [3.8, 4) is 11.4 Å². The van der Waals surface area contributed by atoms with E-state index in [1.807, 2.05) is 24.3 Å². The van der Waals surface area contributed by atoms with Crippen LogP contribution in [-0.4, -0.2) is 31.9 Å². The molecule has 0 fully saturated rings. The fraction of sp³-hybridized carbons (Fsp3) is 0.188. The summed E-state index contributed by atoms with van der Waals surface area (Å²) >= 11 is 0. The number of rotatable bonds is 7. The topological polar surface area (TPSA) is 85.1 Å². The minimum Gasteiger partial charge on any atom is -0.435 e. The van der Waals surface area contributed by atoms with E-state index in [2.05, 4.69) is 25.6 Å². The Labute approximate surface area is 141 Å². The summed E-state index contributed by atoms with van der Waals surface area (Å²) in [5.74, 6) is 0.601. The van der Waals surface area contributed by atoms with Gasteiger partial charge in [0.05, 0.1) is 18.8 Å². The van der Waals surface area contributed by atoms with Gasteiger partial charge < -0.3 is 15.2 Å². The molecule has 9 heteroatoms. The number of aromatic nitrogens is 4. The summed E-state index contributed by atoms with van der Waals surface area (Å²) in [6.45, 7) is -2.56. The van der Waals surface area contributed by atoms with Gasteiger partial charge in [-0.1, -0.05) is 12.1 Å². The third kappa shape index (κ3) is 4.27. The SMILES string of the molecule is OCc1cccc(NCc2nnnn2-c2ccc(OC(F)F)cc2)c1. The van der Waals surface area contributed by atoms with E-state index in [1.54, 1.807) is 12.1 Å². The minimum absolute atomic E-state index is 0.0414. The average Bonchev–Trinajstić information content (AvgIpc) is 3.09. The van der Waals surface area contributed by atoms with Crippen molar-refractivity contribution >= 4 is 5.69 Å². The van der Waals surface area contributed by atoms with E-state index >= 15 is 0 Å². The molecule has 1 aromatic heterocycles. The van der Waals surface area contributed by atoms with E-state index in [1.165, 1.54) is 16.8 Å². The van der Waals surface area contributed by atoms with Crippen LogP contribution in [0.5, 0.6) is 5.75 Å². The third-order valence-electron chi connectivity index (χ3n) is 3.40. The lowest BCUT2D eigenvalue weighted by Gasteiger charge is -2.09. The van der Waals surface area contributed by atoms with Crippen molar-refractivity contribution in [1.29, 1.82) is 0 Å². The number of ether oxygens (including phenoxy) is 1. The van der Waals surface area contributed by atoms with Gasteiger partial charge in [-0.3, -0.25) is 0 Å². The third-order valence-corrected chi connectivity index (χ3v) is 3.40. The van der Waals surface area contributed by atoms with Crippen LogP contribution in [0, 0.1) is 0 Å². The maximum absolute atomic E-state index is 12.2. The predicted molar refractivity (Wildman–Crippen MR) is 85.5 cm³/mol. The van der Waals surface area contributed by atoms with Crippen molar-refractivity contribution < 1.29 is 18.6 Å². The fourth-order valence-electron chi connectivity index (χ4n) is 2.25. The summed E-state index contributed by atoms with van der Waals surface area (Å²) in [6.07, 6.45) is 0. The molecule has 7 nitrogen and oxygen atoms in total. The summed E-state index contributed by atoms with van der Waals surface area (Å²) < 4.78 is 30.2. The number of aliphatic hydroxyl groups excluding tert-OH is 1. The van der Waals surface area contributed by atoms with Gasteiger partial charge in [-0.05, 0) is 52.4 Å². The van der Waals surface area contributed by atoms with Crippen LogP contribution >= 0.6 is 0 Å². The Morgan fingerprint density at radius 1 is 1.16 bits per heavy atom. The summed E-state index contributed by atoms with van der Waals surface area (Å²) in [4.78, 5) is 0. The molecular weight excluding hydrogens is 332 g/mol. The van der Waals surface area contributed by atoms with E-state index in [4.69, 9.17) is 5.11 Å². The largest absolute Gasteiger partial charge is 0.435 e. The molecule has 0 aliphatic rings. The number of halogens is 2. The molecule has 0 unspecified atom stereocenters. The lowest BCUT2D eigenvalue weighted by atomic mass is 10.2. The second-order valence-corrected chi connectivity index (χ2v) is 5.09. The monoisotopic (exact) mass is 347 g/mol. The summed E-state index contributed by atoms with van der Waals surface area (Å²) in [7, 11) is 0. The zero-order chi connectivity index (χ0) is 17.6. The lowest BCUT2D eigenvalue weighted by molar-refractivity contribution is -0.0498.